The van der Waals surface area contributed by atoms with E-state index in [-0.39, 0.29) is 46.8 Å². The summed E-state index contributed by atoms with van der Waals surface area (Å²) >= 11 is 0. The standard InChI is InChI=1S/C44H32N4O5/c1-27-15-17-31(18-16-27)47-43-34-23-32(19-20-36(34)45-26-46-43)48-44(51)30-21-35-40(38(22-30)53-25-29-11-6-3-7-12-29)42(50)39-33(41(35)49)13-8-14-37(39)52-24-28-9-4-2-5-10-28/h2-23,26H,24-25H2,1H3,(H,48,51)(H,45,46,47). The molecule has 0 bridgehead atoms. The molecule has 0 fully saturated rings. The van der Waals surface area contributed by atoms with E-state index in [9.17, 15) is 14.4 Å². The summed E-state index contributed by atoms with van der Waals surface area (Å²) in [6.07, 6.45) is 1.48. The lowest BCUT2D eigenvalue weighted by molar-refractivity contribution is 0.0969. The normalized spacial score (nSPS) is 11.8. The number of rotatable bonds is 10. The fourth-order valence-corrected chi connectivity index (χ4v) is 6.30. The number of aryl methyl sites for hydroxylation is 1. The van der Waals surface area contributed by atoms with Crippen LogP contribution >= 0.6 is 0 Å². The highest BCUT2D eigenvalue weighted by atomic mass is 16.5. The SMILES string of the molecule is Cc1ccc(Nc2ncnc3ccc(NC(=O)c4cc(OCc5ccccc5)c5c(c4)C(=O)c4cccc(OCc6ccccc6)c4C5=O)cc23)cc1. The van der Waals surface area contributed by atoms with Crippen molar-refractivity contribution in [2.75, 3.05) is 10.6 Å². The number of nitrogens with one attached hydrogen (secondary N) is 2. The molecule has 258 valence electrons. The van der Waals surface area contributed by atoms with Gasteiger partial charge < -0.3 is 20.1 Å². The van der Waals surface area contributed by atoms with Crippen LogP contribution in [0.4, 0.5) is 17.2 Å². The van der Waals surface area contributed by atoms with Crippen molar-refractivity contribution >= 4 is 45.6 Å². The lowest BCUT2D eigenvalue weighted by Gasteiger charge is -2.23. The van der Waals surface area contributed by atoms with Crippen molar-refractivity contribution in [3.8, 4) is 11.5 Å². The molecule has 7 aromatic rings. The van der Waals surface area contributed by atoms with Crippen molar-refractivity contribution in [3.05, 3.63) is 184 Å². The van der Waals surface area contributed by atoms with Crippen molar-refractivity contribution in [2.45, 2.75) is 20.1 Å². The zero-order valence-corrected chi connectivity index (χ0v) is 28.6. The quantitative estimate of drug-likeness (QED) is 0.146. The number of amides is 1. The third kappa shape index (κ3) is 6.83. The molecule has 6 aromatic carbocycles. The Kier molecular flexibility index (Phi) is 8.88. The number of hydrogen-bond donors (Lipinski definition) is 2. The average Bonchev–Trinajstić information content (AvgIpc) is 3.19. The minimum absolute atomic E-state index is 0.0786. The summed E-state index contributed by atoms with van der Waals surface area (Å²) in [6.45, 7) is 2.35. The van der Waals surface area contributed by atoms with Gasteiger partial charge in [-0.2, -0.15) is 0 Å². The molecule has 53 heavy (non-hydrogen) atoms. The summed E-state index contributed by atoms with van der Waals surface area (Å²) in [5.74, 6) is -0.328. The molecule has 0 unspecified atom stereocenters. The Balaban J connectivity index is 1.13. The number of ketones is 2. The maximum absolute atomic E-state index is 14.4. The second-order valence-corrected chi connectivity index (χ2v) is 12.7. The van der Waals surface area contributed by atoms with Gasteiger partial charge in [-0.05, 0) is 66.6 Å². The summed E-state index contributed by atoms with van der Waals surface area (Å²) in [5.41, 5.74) is 5.61. The zero-order valence-electron chi connectivity index (χ0n) is 28.6. The second kappa shape index (κ2) is 14.2. The van der Waals surface area contributed by atoms with E-state index in [1.807, 2.05) is 91.9 Å². The number of ether oxygens (including phenoxy) is 2. The predicted molar refractivity (Wildman–Crippen MR) is 203 cm³/mol. The summed E-state index contributed by atoms with van der Waals surface area (Å²) in [5, 5.41) is 6.98. The van der Waals surface area contributed by atoms with E-state index in [4.69, 9.17) is 9.47 Å². The van der Waals surface area contributed by atoms with E-state index < -0.39 is 17.5 Å². The van der Waals surface area contributed by atoms with E-state index >= 15 is 0 Å². The molecule has 0 saturated heterocycles. The Morgan fingerprint density at radius 1 is 0.623 bits per heavy atom. The molecular weight excluding hydrogens is 665 g/mol. The molecule has 9 heteroatoms. The fourth-order valence-electron chi connectivity index (χ4n) is 6.30. The topological polar surface area (TPSA) is 120 Å². The van der Waals surface area contributed by atoms with E-state index in [0.717, 1.165) is 22.4 Å². The molecule has 2 N–H and O–H groups in total. The van der Waals surface area contributed by atoms with E-state index in [0.29, 0.717) is 28.2 Å². The summed E-state index contributed by atoms with van der Waals surface area (Å²) in [7, 11) is 0. The van der Waals surface area contributed by atoms with Gasteiger partial charge in [-0.3, -0.25) is 14.4 Å². The Morgan fingerprint density at radius 2 is 1.28 bits per heavy atom. The molecule has 9 nitrogen and oxygen atoms in total. The van der Waals surface area contributed by atoms with Crippen molar-refractivity contribution < 1.29 is 23.9 Å². The number of fused-ring (bicyclic) bond motifs is 3. The first-order valence-corrected chi connectivity index (χ1v) is 17.0. The van der Waals surface area contributed by atoms with Gasteiger partial charge in [-0.1, -0.05) is 90.5 Å². The maximum Gasteiger partial charge on any atom is 0.255 e. The minimum atomic E-state index is -0.493. The van der Waals surface area contributed by atoms with E-state index in [1.165, 1.54) is 18.5 Å². The number of hydrogen-bond acceptors (Lipinski definition) is 8. The molecular formula is C44H32N4O5. The summed E-state index contributed by atoms with van der Waals surface area (Å²) < 4.78 is 12.4. The van der Waals surface area contributed by atoms with Crippen molar-refractivity contribution in [2.24, 2.45) is 0 Å². The van der Waals surface area contributed by atoms with Crippen LogP contribution in [-0.2, 0) is 13.2 Å². The van der Waals surface area contributed by atoms with Crippen LogP contribution in [0.3, 0.4) is 0 Å². The zero-order chi connectivity index (χ0) is 36.3. The Hall–Kier alpha value is -7.13. The Morgan fingerprint density at radius 3 is 2.00 bits per heavy atom. The Labute approximate surface area is 305 Å². The molecule has 0 spiro atoms. The monoisotopic (exact) mass is 696 g/mol. The average molecular weight is 697 g/mol. The van der Waals surface area contributed by atoms with Gasteiger partial charge in [0, 0.05) is 33.5 Å². The highest BCUT2D eigenvalue weighted by Gasteiger charge is 2.36. The van der Waals surface area contributed by atoms with Crippen LogP contribution in [-0.4, -0.2) is 27.4 Å². The Bertz CT molecular complexity index is 2520. The maximum atomic E-state index is 14.4. The molecule has 0 saturated carbocycles. The van der Waals surface area contributed by atoms with Gasteiger partial charge in [-0.25, -0.2) is 9.97 Å². The summed E-state index contributed by atoms with van der Waals surface area (Å²) in [6, 6.07) is 40.2. The number of nitrogens with zero attached hydrogens (tertiary/aromatic N) is 2. The highest BCUT2D eigenvalue weighted by molar-refractivity contribution is 6.31. The van der Waals surface area contributed by atoms with Crippen molar-refractivity contribution in [3.63, 3.8) is 0 Å². The fraction of sp³-hybridized carbons (Fsp3) is 0.0682. The first-order chi connectivity index (χ1) is 25.9. The lowest BCUT2D eigenvalue weighted by atomic mass is 9.82. The van der Waals surface area contributed by atoms with Crippen molar-refractivity contribution in [1.29, 1.82) is 0 Å². The molecule has 0 radical (unpaired) electrons. The molecule has 0 aliphatic heterocycles. The number of benzene rings is 6. The van der Waals surface area contributed by atoms with Gasteiger partial charge in [0.25, 0.3) is 5.91 Å². The van der Waals surface area contributed by atoms with Crippen LogP contribution in [0.2, 0.25) is 0 Å². The third-order valence-electron chi connectivity index (χ3n) is 9.02. The molecule has 8 rings (SSSR count). The molecule has 1 aromatic heterocycles. The molecule has 0 atom stereocenters. The van der Waals surface area contributed by atoms with Gasteiger partial charge in [0.1, 0.15) is 36.9 Å². The van der Waals surface area contributed by atoms with Crippen LogP contribution in [0, 0.1) is 6.92 Å². The first kappa shape index (κ1) is 33.0. The van der Waals surface area contributed by atoms with Crippen molar-refractivity contribution in [1.82, 2.24) is 9.97 Å². The smallest absolute Gasteiger partial charge is 0.255 e. The number of anilines is 3. The van der Waals surface area contributed by atoms with Crippen LogP contribution in [0.15, 0.2) is 140 Å². The first-order valence-electron chi connectivity index (χ1n) is 17.0. The largest absolute Gasteiger partial charge is 0.488 e. The number of carbonyl (C=O) groups excluding carboxylic acids is 3. The third-order valence-corrected chi connectivity index (χ3v) is 9.02. The van der Waals surface area contributed by atoms with Crippen LogP contribution in [0.5, 0.6) is 11.5 Å². The summed E-state index contributed by atoms with van der Waals surface area (Å²) in [4.78, 5) is 51.3. The second-order valence-electron chi connectivity index (χ2n) is 12.7. The van der Waals surface area contributed by atoms with Gasteiger partial charge in [0.2, 0.25) is 5.78 Å². The van der Waals surface area contributed by atoms with Gasteiger partial charge >= 0.3 is 0 Å². The van der Waals surface area contributed by atoms with Crippen LogP contribution in [0.1, 0.15) is 58.9 Å². The van der Waals surface area contributed by atoms with Gasteiger partial charge in [0.15, 0.2) is 5.78 Å². The van der Waals surface area contributed by atoms with Crippen LogP contribution in [0.25, 0.3) is 10.9 Å². The van der Waals surface area contributed by atoms with E-state index in [2.05, 4.69) is 20.6 Å². The highest BCUT2D eigenvalue weighted by Crippen LogP contribution is 2.39. The molecule has 1 aliphatic rings. The molecule has 1 heterocycles. The minimum Gasteiger partial charge on any atom is -0.488 e. The molecule has 1 amide bonds. The van der Waals surface area contributed by atoms with Gasteiger partial charge in [-0.15, -0.1) is 0 Å². The lowest BCUT2D eigenvalue weighted by Crippen LogP contribution is -2.24. The number of aromatic nitrogens is 2. The van der Waals surface area contributed by atoms with E-state index in [1.54, 1.807) is 36.4 Å². The predicted octanol–water partition coefficient (Wildman–Crippen LogP) is 8.87. The number of carbonyl (C=O) groups is 3. The molecule has 1 aliphatic carbocycles. The van der Waals surface area contributed by atoms with Crippen LogP contribution < -0.4 is 20.1 Å². The van der Waals surface area contributed by atoms with Gasteiger partial charge in [0.05, 0.1) is 16.6 Å².